The fraction of sp³-hybridized carbons (Fsp3) is 0.300. The molecule has 1 aromatic carbocycles. The second-order valence-electron chi connectivity index (χ2n) is 3.58. The van der Waals surface area contributed by atoms with Gasteiger partial charge >= 0.3 is 6.18 Å². The molecule has 0 unspecified atom stereocenters. The van der Waals surface area contributed by atoms with E-state index in [-0.39, 0.29) is 0 Å². The smallest absolute Gasteiger partial charge is 0.313 e. The lowest BCUT2D eigenvalue weighted by Crippen LogP contribution is -2.12. The Bertz CT molecular complexity index is 517. The van der Waals surface area contributed by atoms with Gasteiger partial charge < -0.3 is 5.32 Å². The van der Waals surface area contributed by atoms with Crippen molar-refractivity contribution in [3.63, 3.8) is 0 Å². The molecular weight excluding hydrogens is 247 g/mol. The molecule has 8 heteroatoms. The van der Waals surface area contributed by atoms with Gasteiger partial charge in [-0.2, -0.15) is 17.9 Å². The van der Waals surface area contributed by atoms with E-state index in [4.69, 9.17) is 0 Å². The standard InChI is InChI=1S/C10H10F3N5/c1-14-6-9-15-16-17-18(9)8-4-2-7(3-5-8)10(11,12)13/h2-5,14H,6H2,1H3. The lowest BCUT2D eigenvalue weighted by molar-refractivity contribution is -0.137. The number of nitrogens with one attached hydrogen (secondary N) is 1. The molecule has 0 aliphatic heterocycles. The third kappa shape index (κ3) is 2.48. The quantitative estimate of drug-likeness (QED) is 0.903. The summed E-state index contributed by atoms with van der Waals surface area (Å²) in [6, 6.07) is 4.66. The molecule has 1 heterocycles. The predicted octanol–water partition coefficient (Wildman–Crippen LogP) is 1.40. The van der Waals surface area contributed by atoms with Gasteiger partial charge in [0.1, 0.15) is 0 Å². The number of tetrazole rings is 1. The molecule has 1 N–H and O–H groups in total. The maximum absolute atomic E-state index is 12.4. The van der Waals surface area contributed by atoms with Crippen LogP contribution in [0.3, 0.4) is 0 Å². The Morgan fingerprint density at radius 3 is 2.44 bits per heavy atom. The van der Waals surface area contributed by atoms with Gasteiger partial charge in [-0.25, -0.2) is 0 Å². The largest absolute Gasteiger partial charge is 0.416 e. The normalized spacial score (nSPS) is 11.8. The van der Waals surface area contributed by atoms with E-state index in [0.29, 0.717) is 18.1 Å². The van der Waals surface area contributed by atoms with Crippen LogP contribution in [-0.4, -0.2) is 27.3 Å². The average molecular weight is 257 g/mol. The van der Waals surface area contributed by atoms with Gasteiger partial charge in [0.25, 0.3) is 0 Å². The molecule has 0 aliphatic rings. The zero-order valence-electron chi connectivity index (χ0n) is 9.44. The molecule has 0 spiro atoms. The van der Waals surface area contributed by atoms with Crippen molar-refractivity contribution in [3.05, 3.63) is 35.7 Å². The van der Waals surface area contributed by atoms with Gasteiger partial charge in [0.15, 0.2) is 5.82 Å². The van der Waals surface area contributed by atoms with Gasteiger partial charge in [0.2, 0.25) is 0 Å². The molecule has 5 nitrogen and oxygen atoms in total. The van der Waals surface area contributed by atoms with Crippen LogP contribution in [0.25, 0.3) is 5.69 Å². The average Bonchev–Trinajstić information content (AvgIpc) is 2.77. The van der Waals surface area contributed by atoms with Gasteiger partial charge in [-0.3, -0.25) is 0 Å². The first-order chi connectivity index (χ1) is 8.52. The SMILES string of the molecule is CNCc1nnnn1-c1ccc(C(F)(F)F)cc1. The van der Waals surface area contributed by atoms with Crippen LogP contribution >= 0.6 is 0 Å². The van der Waals surface area contributed by atoms with E-state index in [1.54, 1.807) is 7.05 Å². The van der Waals surface area contributed by atoms with E-state index < -0.39 is 11.7 Å². The highest BCUT2D eigenvalue weighted by molar-refractivity contribution is 5.35. The molecule has 0 bridgehead atoms. The molecule has 2 rings (SSSR count). The van der Waals surface area contributed by atoms with E-state index in [2.05, 4.69) is 20.8 Å². The highest BCUT2D eigenvalue weighted by Crippen LogP contribution is 2.29. The van der Waals surface area contributed by atoms with Crippen LogP contribution < -0.4 is 5.32 Å². The number of benzene rings is 1. The number of alkyl halides is 3. The van der Waals surface area contributed by atoms with Gasteiger partial charge in [-0.05, 0) is 41.7 Å². The van der Waals surface area contributed by atoms with E-state index in [9.17, 15) is 13.2 Å². The van der Waals surface area contributed by atoms with Crippen molar-refractivity contribution >= 4 is 0 Å². The molecule has 0 fully saturated rings. The van der Waals surface area contributed by atoms with E-state index in [1.165, 1.54) is 16.8 Å². The van der Waals surface area contributed by atoms with E-state index in [0.717, 1.165) is 12.1 Å². The van der Waals surface area contributed by atoms with E-state index >= 15 is 0 Å². The number of aromatic nitrogens is 4. The molecule has 0 atom stereocenters. The van der Waals surface area contributed by atoms with Crippen LogP contribution in [0.15, 0.2) is 24.3 Å². The van der Waals surface area contributed by atoms with Crippen molar-refractivity contribution in [1.82, 2.24) is 25.5 Å². The second-order valence-corrected chi connectivity index (χ2v) is 3.58. The summed E-state index contributed by atoms with van der Waals surface area (Å²) in [6.07, 6.45) is -4.34. The Kier molecular flexibility index (Phi) is 3.28. The van der Waals surface area contributed by atoms with Crippen molar-refractivity contribution in [2.45, 2.75) is 12.7 Å². The molecule has 1 aromatic heterocycles. The molecule has 0 saturated carbocycles. The highest BCUT2D eigenvalue weighted by atomic mass is 19.4. The van der Waals surface area contributed by atoms with Crippen LogP contribution in [0.4, 0.5) is 13.2 Å². The number of halogens is 3. The first kappa shape index (κ1) is 12.5. The van der Waals surface area contributed by atoms with Crippen LogP contribution in [0.2, 0.25) is 0 Å². The third-order valence-electron chi connectivity index (χ3n) is 2.31. The molecule has 0 radical (unpaired) electrons. The monoisotopic (exact) mass is 257 g/mol. The molecule has 0 saturated heterocycles. The number of hydrogen-bond acceptors (Lipinski definition) is 4. The van der Waals surface area contributed by atoms with Crippen LogP contribution in [0.1, 0.15) is 11.4 Å². The first-order valence-corrected chi connectivity index (χ1v) is 5.12. The summed E-state index contributed by atoms with van der Waals surface area (Å²) in [6.45, 7) is 0.425. The summed E-state index contributed by atoms with van der Waals surface area (Å²) < 4.78 is 38.6. The van der Waals surface area contributed by atoms with Crippen LogP contribution in [0, 0.1) is 0 Å². The van der Waals surface area contributed by atoms with Crippen molar-refractivity contribution in [2.75, 3.05) is 7.05 Å². The van der Waals surface area contributed by atoms with Crippen LogP contribution in [0.5, 0.6) is 0 Å². The molecule has 2 aromatic rings. The molecule has 18 heavy (non-hydrogen) atoms. The van der Waals surface area contributed by atoms with Crippen molar-refractivity contribution in [2.24, 2.45) is 0 Å². The minimum absolute atomic E-state index is 0.425. The zero-order chi connectivity index (χ0) is 13.2. The van der Waals surface area contributed by atoms with Gasteiger partial charge in [-0.15, -0.1) is 5.10 Å². The van der Waals surface area contributed by atoms with Gasteiger partial charge in [0.05, 0.1) is 17.8 Å². The lowest BCUT2D eigenvalue weighted by atomic mass is 10.2. The molecular formula is C10H10F3N5. The molecule has 0 amide bonds. The van der Waals surface area contributed by atoms with Crippen LogP contribution in [-0.2, 0) is 12.7 Å². The third-order valence-corrected chi connectivity index (χ3v) is 2.31. The summed E-state index contributed by atoms with van der Waals surface area (Å²) in [4.78, 5) is 0. The van der Waals surface area contributed by atoms with Crippen molar-refractivity contribution in [1.29, 1.82) is 0 Å². The Morgan fingerprint density at radius 1 is 1.22 bits per heavy atom. The first-order valence-electron chi connectivity index (χ1n) is 5.12. The molecule has 0 aliphatic carbocycles. The second kappa shape index (κ2) is 4.73. The van der Waals surface area contributed by atoms with Gasteiger partial charge in [-0.1, -0.05) is 0 Å². The Morgan fingerprint density at radius 2 is 1.89 bits per heavy atom. The zero-order valence-corrected chi connectivity index (χ0v) is 9.44. The minimum Gasteiger partial charge on any atom is -0.313 e. The maximum Gasteiger partial charge on any atom is 0.416 e. The molecule has 96 valence electrons. The number of hydrogen-bond donors (Lipinski definition) is 1. The lowest BCUT2D eigenvalue weighted by Gasteiger charge is -2.08. The number of rotatable bonds is 3. The minimum atomic E-state index is -4.34. The number of nitrogens with zero attached hydrogens (tertiary/aromatic N) is 4. The topological polar surface area (TPSA) is 55.6 Å². The van der Waals surface area contributed by atoms with Crippen molar-refractivity contribution < 1.29 is 13.2 Å². The summed E-state index contributed by atoms with van der Waals surface area (Å²) >= 11 is 0. The summed E-state index contributed by atoms with van der Waals surface area (Å²) in [7, 11) is 1.73. The summed E-state index contributed by atoms with van der Waals surface area (Å²) in [5.41, 5.74) is -0.215. The van der Waals surface area contributed by atoms with Crippen molar-refractivity contribution in [3.8, 4) is 5.69 Å². The fourth-order valence-electron chi connectivity index (χ4n) is 1.47. The predicted molar refractivity (Wildman–Crippen MR) is 56.9 cm³/mol. The summed E-state index contributed by atoms with van der Waals surface area (Å²) in [5, 5.41) is 13.9. The highest BCUT2D eigenvalue weighted by Gasteiger charge is 2.30. The van der Waals surface area contributed by atoms with Gasteiger partial charge in [0, 0.05) is 0 Å². The Hall–Kier alpha value is -1.96. The fourth-order valence-corrected chi connectivity index (χ4v) is 1.47. The Labute approximate surface area is 101 Å². The maximum atomic E-state index is 12.4. The Balaban J connectivity index is 2.32. The van der Waals surface area contributed by atoms with E-state index in [1.807, 2.05) is 0 Å². The summed E-state index contributed by atoms with van der Waals surface area (Å²) in [5.74, 6) is 0.525.